The molecule has 54 heavy (non-hydrogen) atoms. The Morgan fingerprint density at radius 1 is 0.889 bits per heavy atom. The van der Waals surface area contributed by atoms with Crippen LogP contribution in [0.5, 0.6) is 5.75 Å². The molecule has 5 fully saturated rings. The summed E-state index contributed by atoms with van der Waals surface area (Å²) in [6.45, 7) is 26.0. The lowest BCUT2D eigenvalue weighted by atomic mass is 9.35. The van der Waals surface area contributed by atoms with Crippen LogP contribution in [0, 0.1) is 68.5 Å². The zero-order valence-electron chi connectivity index (χ0n) is 36.3. The van der Waals surface area contributed by atoms with Crippen molar-refractivity contribution in [1.82, 2.24) is 5.32 Å². The number of ether oxygens (including phenoxy) is 1. The first kappa shape index (κ1) is 47.6. The summed E-state index contributed by atoms with van der Waals surface area (Å²) in [7, 11) is 4.61. The second-order valence-electron chi connectivity index (χ2n) is 18.8. The maximum absolute atomic E-state index is 12.6. The number of aldehydes is 2. The first-order valence-corrected chi connectivity index (χ1v) is 20.9. The number of allylic oxidation sites excluding steroid dienone is 1. The Hall–Kier alpha value is -2.51. The van der Waals surface area contributed by atoms with Gasteiger partial charge >= 0.3 is 0 Å². The van der Waals surface area contributed by atoms with Crippen molar-refractivity contribution in [3.63, 3.8) is 0 Å². The molecule has 5 saturated carbocycles. The maximum atomic E-state index is 12.6. The van der Waals surface area contributed by atoms with E-state index in [0.717, 1.165) is 56.4 Å². The van der Waals surface area contributed by atoms with Crippen molar-refractivity contribution in [3.8, 4) is 5.75 Å². The zero-order valence-corrected chi connectivity index (χ0v) is 36.3. The molecule has 0 aromatic heterocycles. The summed E-state index contributed by atoms with van der Waals surface area (Å²) in [6, 6.07) is 8.03. The van der Waals surface area contributed by atoms with Gasteiger partial charge in [0, 0.05) is 24.5 Å². The maximum Gasteiger partial charge on any atom is 0.290 e. The number of carbonyl (C=O) groups is 3. The van der Waals surface area contributed by atoms with Gasteiger partial charge in [-0.05, 0) is 160 Å². The molecule has 1 aromatic carbocycles. The molecule has 6 rings (SSSR count). The van der Waals surface area contributed by atoms with Crippen molar-refractivity contribution in [2.24, 2.45) is 68.5 Å². The van der Waals surface area contributed by atoms with Gasteiger partial charge < -0.3 is 29.9 Å². The fourth-order valence-electron chi connectivity index (χ4n) is 13.2. The molecule has 9 unspecified atom stereocenters. The molecule has 0 heterocycles. The summed E-state index contributed by atoms with van der Waals surface area (Å²) in [6.07, 6.45) is 16.2. The molecule has 0 amide bonds. The van der Waals surface area contributed by atoms with Crippen LogP contribution in [0.3, 0.4) is 0 Å². The van der Waals surface area contributed by atoms with Crippen LogP contribution < -0.4 is 10.1 Å². The van der Waals surface area contributed by atoms with Crippen molar-refractivity contribution in [2.45, 2.75) is 139 Å². The topological polar surface area (TPSA) is 113 Å². The molecule has 10 atom stereocenters. The van der Waals surface area contributed by atoms with E-state index in [9.17, 15) is 9.59 Å². The van der Waals surface area contributed by atoms with Crippen molar-refractivity contribution in [1.29, 1.82) is 0 Å². The van der Waals surface area contributed by atoms with Crippen molar-refractivity contribution in [3.05, 3.63) is 42.0 Å². The normalized spacial score (nSPS) is 35.5. The Morgan fingerprint density at radius 2 is 1.46 bits per heavy atom. The van der Waals surface area contributed by atoms with Gasteiger partial charge in [0.05, 0.1) is 7.11 Å². The van der Waals surface area contributed by atoms with E-state index in [1.54, 1.807) is 7.11 Å². The Morgan fingerprint density at radius 3 is 1.98 bits per heavy atom. The number of fused-ring (bicyclic) bond motifs is 7. The van der Waals surface area contributed by atoms with E-state index < -0.39 is 0 Å². The molecule has 7 nitrogen and oxygen atoms in total. The molecule has 5 aliphatic carbocycles. The Bertz CT molecular complexity index is 1340. The van der Waals surface area contributed by atoms with Gasteiger partial charge in [0.2, 0.25) is 0 Å². The van der Waals surface area contributed by atoms with E-state index in [0.29, 0.717) is 34.5 Å². The van der Waals surface area contributed by atoms with Gasteiger partial charge in [-0.1, -0.05) is 79.7 Å². The van der Waals surface area contributed by atoms with Crippen molar-refractivity contribution in [2.75, 3.05) is 21.3 Å². The van der Waals surface area contributed by atoms with Crippen molar-refractivity contribution < 1.29 is 29.3 Å². The summed E-state index contributed by atoms with van der Waals surface area (Å²) in [5.41, 5.74) is 3.38. The lowest BCUT2D eigenvalue weighted by Crippen LogP contribution is -2.62. The largest absolute Gasteiger partial charge is 0.497 e. The second kappa shape index (κ2) is 20.1. The second-order valence-corrected chi connectivity index (χ2v) is 18.8. The average molecular weight is 754 g/mol. The Balaban J connectivity index is 0.000000469. The highest BCUT2D eigenvalue weighted by Gasteiger charge is 2.67. The number of hydrogen-bond acceptors (Lipinski definition) is 6. The smallest absolute Gasteiger partial charge is 0.290 e. The molecule has 0 saturated heterocycles. The summed E-state index contributed by atoms with van der Waals surface area (Å²) in [5.74, 6) is 5.62. The Kier molecular flexibility index (Phi) is 17.7. The van der Waals surface area contributed by atoms with Gasteiger partial charge in [0.25, 0.3) is 6.47 Å². The quantitative estimate of drug-likeness (QED) is 0.179. The number of benzene rings is 1. The predicted octanol–water partition coefficient (Wildman–Crippen LogP) is 10.4. The lowest BCUT2D eigenvalue weighted by Gasteiger charge is -2.69. The van der Waals surface area contributed by atoms with Gasteiger partial charge in [-0.2, -0.15) is 0 Å². The number of aliphatic hydroxyl groups is 1. The molecule has 0 aliphatic heterocycles. The zero-order chi connectivity index (χ0) is 41.1. The summed E-state index contributed by atoms with van der Waals surface area (Å²) in [4.78, 5) is 32.7. The highest BCUT2D eigenvalue weighted by molar-refractivity contribution is 5.62. The van der Waals surface area contributed by atoms with Gasteiger partial charge in [-0.15, -0.1) is 0 Å². The van der Waals surface area contributed by atoms with E-state index in [-0.39, 0.29) is 22.7 Å². The molecule has 0 radical (unpaired) electrons. The molecule has 0 spiro atoms. The molecular weight excluding hydrogens is 675 g/mol. The van der Waals surface area contributed by atoms with Gasteiger partial charge in [-0.25, -0.2) is 0 Å². The molecule has 3 N–H and O–H groups in total. The first-order valence-electron chi connectivity index (χ1n) is 20.9. The molecular formula is C47H79NO6. The van der Waals surface area contributed by atoms with Crippen LogP contribution >= 0.6 is 0 Å². The fourth-order valence-corrected chi connectivity index (χ4v) is 13.2. The van der Waals surface area contributed by atoms with E-state index in [2.05, 4.69) is 72.5 Å². The third-order valence-electron chi connectivity index (χ3n) is 15.4. The standard InChI is InChI=1S/C34H54O2.C9H13NO.C2H6.CH2O2.CH4O/c1-22(2)24-12-17-34(21-36)18-13-26-25(29(24)34)9-10-28-32(26,7)16-14-27-31(5,6)23(11-15-33(27,28)8)19-30(3,4)20-35;1-10-7-8-3-5-9(11-2)6-4-8;1-2;2-1-3;1-2/h20-21,23-29H,1,9-19H2,2-8H3;3-6,10H,7H2,1-2H3;1-2H3;1H,(H,2,3);2H,1H3/t23?,24-,25?,26?,27?,28?,29?,32?,33?,34?;;;;/m0..../s1. The van der Waals surface area contributed by atoms with Crippen LogP contribution in [0.1, 0.15) is 139 Å². The van der Waals surface area contributed by atoms with Crippen LogP contribution in [-0.2, 0) is 20.9 Å². The lowest BCUT2D eigenvalue weighted by molar-refractivity contribution is -0.208. The van der Waals surface area contributed by atoms with Gasteiger partial charge in [0.1, 0.15) is 18.3 Å². The average Bonchev–Trinajstić information content (AvgIpc) is 3.57. The van der Waals surface area contributed by atoms with Crippen LogP contribution in [0.15, 0.2) is 36.4 Å². The van der Waals surface area contributed by atoms with Gasteiger partial charge in [-0.3, -0.25) is 4.79 Å². The molecule has 308 valence electrons. The minimum Gasteiger partial charge on any atom is -0.497 e. The summed E-state index contributed by atoms with van der Waals surface area (Å²) < 4.78 is 5.03. The predicted molar refractivity (Wildman–Crippen MR) is 222 cm³/mol. The number of rotatable bonds is 8. The number of methoxy groups -OCH3 is 1. The van der Waals surface area contributed by atoms with E-state index in [4.69, 9.17) is 19.7 Å². The van der Waals surface area contributed by atoms with Crippen LogP contribution in [0.4, 0.5) is 0 Å². The molecule has 5 aliphatic rings. The van der Waals surface area contributed by atoms with Crippen LogP contribution in [0.2, 0.25) is 0 Å². The highest BCUT2D eigenvalue weighted by atomic mass is 16.5. The monoisotopic (exact) mass is 754 g/mol. The first-order chi connectivity index (χ1) is 25.5. The molecule has 0 bridgehead atoms. The van der Waals surface area contributed by atoms with Crippen LogP contribution in [0.25, 0.3) is 0 Å². The minimum atomic E-state index is -0.250. The minimum absolute atomic E-state index is 0.0689. The molecule has 7 heteroatoms. The van der Waals surface area contributed by atoms with E-state index >= 15 is 0 Å². The molecule has 1 aromatic rings. The third-order valence-corrected chi connectivity index (χ3v) is 15.4. The number of carboxylic acid groups (broad SMARTS) is 1. The van der Waals surface area contributed by atoms with Crippen LogP contribution in [-0.4, -0.2) is 50.5 Å². The number of carbonyl (C=O) groups excluding carboxylic acids is 2. The summed E-state index contributed by atoms with van der Waals surface area (Å²) >= 11 is 0. The van der Waals surface area contributed by atoms with E-state index in [1.165, 1.54) is 75.1 Å². The SMILES string of the molecule is C=C(C)[C@@H]1CCC2(C=O)CCC3C(CCC4C3(C)CCC3C(C)(C)C(CC(C)(C)C=O)CCC34C)C12.CC.CNCc1ccc(OC)cc1.CO.O=CO. The van der Waals surface area contributed by atoms with E-state index in [1.807, 2.05) is 33.0 Å². The van der Waals surface area contributed by atoms with Crippen molar-refractivity contribution >= 4 is 19.0 Å². The third kappa shape index (κ3) is 9.53. The number of aliphatic hydroxyl groups excluding tert-OH is 1. The summed E-state index contributed by atoms with van der Waals surface area (Å²) in [5, 5.41) is 17.0. The van der Waals surface area contributed by atoms with Gasteiger partial charge in [0.15, 0.2) is 0 Å². The fraction of sp³-hybridized carbons (Fsp3) is 0.766. The Labute approximate surface area is 329 Å². The highest BCUT2D eigenvalue weighted by Crippen LogP contribution is 2.74. The number of hydrogen-bond donors (Lipinski definition) is 3. The number of nitrogens with one attached hydrogen (secondary N) is 1.